The molecule has 0 aliphatic heterocycles. The molecular formula is C14H18N4. The summed E-state index contributed by atoms with van der Waals surface area (Å²) in [5.41, 5.74) is 11.6. The van der Waals surface area contributed by atoms with Crippen LogP contribution in [0.3, 0.4) is 0 Å². The lowest BCUT2D eigenvalue weighted by Gasteiger charge is -2.00. The first-order valence-corrected chi connectivity index (χ1v) is 6.25. The Kier molecular flexibility index (Phi) is 2.41. The molecule has 4 nitrogen and oxygen atoms in total. The van der Waals surface area contributed by atoms with Crippen molar-refractivity contribution in [1.82, 2.24) is 14.0 Å². The molecule has 0 aliphatic rings. The first-order valence-electron chi connectivity index (χ1n) is 6.25. The standard InChI is InChI=1S/C14H18N4/c1-9-6-10(2)13-12(7-9)18-8-11(4-5-15)17(3)14(18)16-13/h6-8H,4-5,15H2,1-3H3. The van der Waals surface area contributed by atoms with Crippen molar-refractivity contribution < 1.29 is 0 Å². The maximum absolute atomic E-state index is 5.64. The van der Waals surface area contributed by atoms with Gasteiger partial charge in [-0.05, 0) is 37.6 Å². The molecule has 18 heavy (non-hydrogen) atoms. The molecule has 2 aromatic heterocycles. The molecule has 0 aliphatic carbocycles. The summed E-state index contributed by atoms with van der Waals surface area (Å²) in [6, 6.07) is 4.37. The molecule has 0 unspecified atom stereocenters. The quantitative estimate of drug-likeness (QED) is 0.746. The van der Waals surface area contributed by atoms with Gasteiger partial charge in [-0.15, -0.1) is 0 Å². The normalized spacial score (nSPS) is 11.8. The third-order valence-electron chi connectivity index (χ3n) is 3.52. The number of hydrogen-bond donors (Lipinski definition) is 1. The van der Waals surface area contributed by atoms with E-state index in [0.29, 0.717) is 6.54 Å². The second-order valence-electron chi connectivity index (χ2n) is 4.95. The van der Waals surface area contributed by atoms with Gasteiger partial charge in [0.2, 0.25) is 5.78 Å². The molecule has 0 bridgehead atoms. The molecule has 2 N–H and O–H groups in total. The highest BCUT2D eigenvalue weighted by molar-refractivity contribution is 5.83. The lowest BCUT2D eigenvalue weighted by atomic mass is 10.1. The van der Waals surface area contributed by atoms with E-state index < -0.39 is 0 Å². The molecule has 0 amide bonds. The van der Waals surface area contributed by atoms with Gasteiger partial charge in [-0.3, -0.25) is 4.40 Å². The molecule has 0 saturated carbocycles. The van der Waals surface area contributed by atoms with Gasteiger partial charge >= 0.3 is 0 Å². The van der Waals surface area contributed by atoms with Crippen molar-refractivity contribution >= 4 is 16.8 Å². The molecule has 4 heteroatoms. The van der Waals surface area contributed by atoms with Gasteiger partial charge in [-0.25, -0.2) is 4.98 Å². The number of aryl methyl sites for hydroxylation is 3. The summed E-state index contributed by atoms with van der Waals surface area (Å²) < 4.78 is 4.29. The summed E-state index contributed by atoms with van der Waals surface area (Å²) in [5, 5.41) is 0. The number of rotatable bonds is 2. The van der Waals surface area contributed by atoms with Crippen LogP contribution in [0.4, 0.5) is 0 Å². The number of nitrogens with zero attached hydrogens (tertiary/aromatic N) is 3. The highest BCUT2D eigenvalue weighted by atomic mass is 15.2. The Hall–Kier alpha value is -1.81. The molecule has 3 rings (SSSR count). The van der Waals surface area contributed by atoms with Crippen LogP contribution in [0.1, 0.15) is 16.8 Å². The van der Waals surface area contributed by atoms with Gasteiger partial charge in [0.15, 0.2) is 0 Å². The largest absolute Gasteiger partial charge is 0.330 e. The zero-order valence-electron chi connectivity index (χ0n) is 11.1. The Morgan fingerprint density at radius 1 is 1.28 bits per heavy atom. The van der Waals surface area contributed by atoms with E-state index in [0.717, 1.165) is 17.7 Å². The molecule has 1 aromatic carbocycles. The van der Waals surface area contributed by atoms with E-state index in [4.69, 9.17) is 10.7 Å². The lowest BCUT2D eigenvalue weighted by Crippen LogP contribution is -2.06. The minimum Gasteiger partial charge on any atom is -0.330 e. The van der Waals surface area contributed by atoms with Crippen molar-refractivity contribution in [2.45, 2.75) is 20.3 Å². The monoisotopic (exact) mass is 242 g/mol. The van der Waals surface area contributed by atoms with Crippen molar-refractivity contribution in [2.75, 3.05) is 6.54 Å². The third kappa shape index (κ3) is 1.46. The Balaban J connectivity index is 2.38. The highest BCUT2D eigenvalue weighted by Crippen LogP contribution is 2.23. The van der Waals surface area contributed by atoms with Crippen LogP contribution in [0.15, 0.2) is 18.3 Å². The van der Waals surface area contributed by atoms with Crippen molar-refractivity contribution in [2.24, 2.45) is 12.8 Å². The van der Waals surface area contributed by atoms with Crippen LogP contribution in [0.5, 0.6) is 0 Å². The number of benzene rings is 1. The third-order valence-corrected chi connectivity index (χ3v) is 3.52. The molecule has 0 spiro atoms. The smallest absolute Gasteiger partial charge is 0.214 e. The van der Waals surface area contributed by atoms with Crippen LogP contribution in [-0.2, 0) is 13.5 Å². The first kappa shape index (κ1) is 11.3. The summed E-state index contributed by atoms with van der Waals surface area (Å²) in [7, 11) is 2.05. The van der Waals surface area contributed by atoms with Crippen LogP contribution in [0.25, 0.3) is 16.8 Å². The second-order valence-corrected chi connectivity index (χ2v) is 4.95. The van der Waals surface area contributed by atoms with E-state index in [-0.39, 0.29) is 0 Å². The van der Waals surface area contributed by atoms with E-state index >= 15 is 0 Å². The fraction of sp³-hybridized carbons (Fsp3) is 0.357. The number of fused-ring (bicyclic) bond motifs is 3. The van der Waals surface area contributed by atoms with Crippen LogP contribution in [0, 0.1) is 13.8 Å². The van der Waals surface area contributed by atoms with E-state index in [9.17, 15) is 0 Å². The van der Waals surface area contributed by atoms with E-state index in [1.807, 2.05) is 7.05 Å². The molecule has 0 saturated heterocycles. The van der Waals surface area contributed by atoms with Gasteiger partial charge in [0.25, 0.3) is 0 Å². The number of hydrogen-bond acceptors (Lipinski definition) is 2. The van der Waals surface area contributed by atoms with Crippen molar-refractivity contribution in [3.05, 3.63) is 35.2 Å². The average molecular weight is 242 g/mol. The van der Waals surface area contributed by atoms with Gasteiger partial charge in [-0.2, -0.15) is 0 Å². The van der Waals surface area contributed by atoms with E-state index in [2.05, 4.69) is 41.1 Å². The predicted molar refractivity (Wildman–Crippen MR) is 73.9 cm³/mol. The zero-order valence-corrected chi connectivity index (χ0v) is 11.1. The summed E-state index contributed by atoms with van der Waals surface area (Å²) in [4.78, 5) is 4.74. The highest BCUT2D eigenvalue weighted by Gasteiger charge is 2.12. The molecule has 0 atom stereocenters. The maximum atomic E-state index is 5.64. The fourth-order valence-corrected chi connectivity index (χ4v) is 2.64. The number of aromatic nitrogens is 3. The van der Waals surface area contributed by atoms with Crippen molar-refractivity contribution in [1.29, 1.82) is 0 Å². The summed E-state index contributed by atoms with van der Waals surface area (Å²) in [6.07, 6.45) is 3.03. The SMILES string of the molecule is Cc1cc(C)c2nc3n(C)c(CCN)cn3c2c1. The summed E-state index contributed by atoms with van der Waals surface area (Å²) in [6.45, 7) is 4.90. The minimum atomic E-state index is 0.664. The van der Waals surface area contributed by atoms with Crippen molar-refractivity contribution in [3.8, 4) is 0 Å². The van der Waals surface area contributed by atoms with Crippen LogP contribution in [-0.4, -0.2) is 20.5 Å². The Morgan fingerprint density at radius 3 is 2.78 bits per heavy atom. The molecule has 0 radical (unpaired) electrons. The fourth-order valence-electron chi connectivity index (χ4n) is 2.64. The molecule has 94 valence electrons. The second kappa shape index (κ2) is 3.85. The maximum Gasteiger partial charge on any atom is 0.214 e. The molecular weight excluding hydrogens is 224 g/mol. The van der Waals surface area contributed by atoms with Crippen LogP contribution >= 0.6 is 0 Å². The molecule has 2 heterocycles. The Bertz CT molecular complexity index is 733. The van der Waals surface area contributed by atoms with Gasteiger partial charge in [-0.1, -0.05) is 6.07 Å². The Labute approximate surface area is 106 Å². The van der Waals surface area contributed by atoms with Gasteiger partial charge in [0.05, 0.1) is 11.0 Å². The number of nitrogens with two attached hydrogens (primary N) is 1. The van der Waals surface area contributed by atoms with E-state index in [1.54, 1.807) is 0 Å². The first-order chi connectivity index (χ1) is 8.61. The lowest BCUT2D eigenvalue weighted by molar-refractivity contribution is 0.820. The van der Waals surface area contributed by atoms with Gasteiger partial charge < -0.3 is 10.3 Å². The molecule has 3 aromatic rings. The van der Waals surface area contributed by atoms with Crippen LogP contribution in [0.2, 0.25) is 0 Å². The van der Waals surface area contributed by atoms with E-state index in [1.165, 1.54) is 22.3 Å². The van der Waals surface area contributed by atoms with Crippen LogP contribution < -0.4 is 5.73 Å². The Morgan fingerprint density at radius 2 is 2.06 bits per heavy atom. The van der Waals surface area contributed by atoms with Gasteiger partial charge in [0, 0.05) is 25.4 Å². The topological polar surface area (TPSA) is 48.2 Å². The summed E-state index contributed by atoms with van der Waals surface area (Å²) in [5.74, 6) is 0.988. The summed E-state index contributed by atoms with van der Waals surface area (Å²) >= 11 is 0. The predicted octanol–water partition coefficient (Wildman–Crippen LogP) is 1.94. The average Bonchev–Trinajstić information content (AvgIpc) is 2.80. The minimum absolute atomic E-state index is 0.664. The number of imidazole rings is 2. The van der Waals surface area contributed by atoms with Gasteiger partial charge in [0.1, 0.15) is 0 Å². The van der Waals surface area contributed by atoms with Crippen molar-refractivity contribution in [3.63, 3.8) is 0 Å². The molecule has 0 fully saturated rings. The zero-order chi connectivity index (χ0) is 12.9.